The maximum absolute atomic E-state index is 11.7. The van der Waals surface area contributed by atoms with Gasteiger partial charge in [-0.15, -0.1) is 0 Å². The smallest absolute Gasteiger partial charge is 0.407 e. The third-order valence-corrected chi connectivity index (χ3v) is 3.37. The first kappa shape index (κ1) is 17.8. The quantitative estimate of drug-likeness (QED) is 0.579. The summed E-state index contributed by atoms with van der Waals surface area (Å²) in [7, 11) is 1.40. The normalized spacial score (nSPS) is 21.9. The van der Waals surface area contributed by atoms with Gasteiger partial charge in [0.25, 0.3) is 0 Å². The Hall–Kier alpha value is -1.30. The molecule has 0 bridgehead atoms. The molecule has 2 N–H and O–H groups in total. The number of hydrogen-bond donors (Lipinski definition) is 2. The van der Waals surface area contributed by atoms with Crippen LogP contribution >= 0.6 is 0 Å². The summed E-state index contributed by atoms with van der Waals surface area (Å²) in [5.41, 5.74) is -0.464. The molecule has 1 aliphatic carbocycles. The summed E-state index contributed by atoms with van der Waals surface area (Å²) < 4.78 is 9.85. The fourth-order valence-corrected chi connectivity index (χ4v) is 2.41. The molecule has 1 fully saturated rings. The lowest BCUT2D eigenvalue weighted by Crippen LogP contribution is -2.39. The van der Waals surface area contributed by atoms with E-state index in [1.165, 1.54) is 7.11 Å². The monoisotopic (exact) mass is 300 g/mol. The minimum atomic E-state index is -0.464. The topological polar surface area (TPSA) is 76.7 Å². The van der Waals surface area contributed by atoms with Crippen LogP contribution < -0.4 is 10.6 Å². The molecule has 1 saturated carbocycles. The lowest BCUT2D eigenvalue weighted by atomic mass is 10.2. The van der Waals surface area contributed by atoms with Crippen LogP contribution in [0, 0.1) is 0 Å². The van der Waals surface area contributed by atoms with Crippen molar-refractivity contribution in [1.82, 2.24) is 10.6 Å². The Balaban J connectivity index is 2.15. The molecular weight excluding hydrogens is 272 g/mol. The summed E-state index contributed by atoms with van der Waals surface area (Å²) in [6.45, 7) is 6.35. The maximum atomic E-state index is 11.7. The van der Waals surface area contributed by atoms with E-state index in [0.29, 0.717) is 12.5 Å². The van der Waals surface area contributed by atoms with Gasteiger partial charge in [0.1, 0.15) is 5.60 Å². The molecule has 0 aromatic rings. The second-order valence-corrected chi connectivity index (χ2v) is 6.49. The number of alkyl carbamates (subject to hydrolysis) is 1. The van der Waals surface area contributed by atoms with Gasteiger partial charge in [-0.05, 0) is 53.0 Å². The fourth-order valence-electron chi connectivity index (χ4n) is 2.41. The van der Waals surface area contributed by atoms with E-state index in [2.05, 4.69) is 15.4 Å². The molecule has 2 atom stereocenters. The molecule has 0 aliphatic heterocycles. The highest BCUT2D eigenvalue weighted by Gasteiger charge is 2.27. The predicted octanol–water partition coefficient (Wildman–Crippen LogP) is 1.98. The van der Waals surface area contributed by atoms with Crippen molar-refractivity contribution in [3.8, 4) is 0 Å². The number of carbonyl (C=O) groups is 2. The molecule has 6 nitrogen and oxygen atoms in total. The van der Waals surface area contributed by atoms with Gasteiger partial charge < -0.3 is 20.1 Å². The fraction of sp³-hybridized carbons (Fsp3) is 0.867. The molecule has 0 aromatic carbocycles. The van der Waals surface area contributed by atoms with Gasteiger partial charge in [-0.25, -0.2) is 4.79 Å². The van der Waals surface area contributed by atoms with E-state index >= 15 is 0 Å². The molecule has 0 radical (unpaired) electrons. The second-order valence-electron chi connectivity index (χ2n) is 6.49. The van der Waals surface area contributed by atoms with Crippen LogP contribution in [0.2, 0.25) is 0 Å². The minimum Gasteiger partial charge on any atom is -0.469 e. The van der Waals surface area contributed by atoms with E-state index in [4.69, 9.17) is 4.74 Å². The zero-order valence-electron chi connectivity index (χ0n) is 13.5. The Kier molecular flexibility index (Phi) is 6.95. The number of amides is 1. The van der Waals surface area contributed by atoms with Crippen molar-refractivity contribution in [2.24, 2.45) is 0 Å². The van der Waals surface area contributed by atoms with E-state index in [9.17, 15) is 9.59 Å². The van der Waals surface area contributed by atoms with Gasteiger partial charge in [-0.1, -0.05) is 0 Å². The van der Waals surface area contributed by atoms with Crippen LogP contribution in [0.3, 0.4) is 0 Å². The summed E-state index contributed by atoms with van der Waals surface area (Å²) in [4.78, 5) is 22.7. The number of esters is 1. The maximum Gasteiger partial charge on any atom is 0.407 e. The molecule has 1 amide bonds. The zero-order chi connectivity index (χ0) is 15.9. The van der Waals surface area contributed by atoms with Gasteiger partial charge in [-0.2, -0.15) is 0 Å². The largest absolute Gasteiger partial charge is 0.469 e. The number of rotatable bonds is 6. The average molecular weight is 300 g/mol. The van der Waals surface area contributed by atoms with Crippen LogP contribution in [0.15, 0.2) is 0 Å². The molecule has 21 heavy (non-hydrogen) atoms. The Bertz CT molecular complexity index is 352. The Morgan fingerprint density at radius 2 is 1.86 bits per heavy atom. The minimum absolute atomic E-state index is 0.165. The van der Waals surface area contributed by atoms with Crippen molar-refractivity contribution in [2.45, 2.75) is 70.6 Å². The second kappa shape index (κ2) is 8.22. The summed E-state index contributed by atoms with van der Waals surface area (Å²) in [6, 6.07) is 0.556. The Morgan fingerprint density at radius 3 is 2.48 bits per heavy atom. The van der Waals surface area contributed by atoms with Crippen molar-refractivity contribution >= 4 is 12.1 Å². The molecule has 122 valence electrons. The third-order valence-electron chi connectivity index (χ3n) is 3.37. The molecule has 6 heteroatoms. The van der Waals surface area contributed by atoms with Gasteiger partial charge in [0.05, 0.1) is 7.11 Å². The number of methoxy groups -OCH3 is 1. The first-order valence-electron chi connectivity index (χ1n) is 7.60. The molecule has 1 aliphatic rings. The first-order chi connectivity index (χ1) is 9.80. The highest BCUT2D eigenvalue weighted by molar-refractivity contribution is 5.69. The van der Waals surface area contributed by atoms with Crippen LogP contribution in [0.4, 0.5) is 4.79 Å². The summed E-state index contributed by atoms with van der Waals surface area (Å²) in [6.07, 6.45) is 3.74. The van der Waals surface area contributed by atoms with Crippen molar-refractivity contribution in [3.05, 3.63) is 0 Å². The molecule has 0 heterocycles. The molecule has 0 spiro atoms. The summed E-state index contributed by atoms with van der Waals surface area (Å²) in [5, 5.41) is 6.32. The van der Waals surface area contributed by atoms with Crippen molar-refractivity contribution < 1.29 is 19.1 Å². The van der Waals surface area contributed by atoms with Crippen molar-refractivity contribution in [1.29, 1.82) is 0 Å². The van der Waals surface area contributed by atoms with Crippen LogP contribution in [-0.2, 0) is 14.3 Å². The number of hydrogen-bond acceptors (Lipinski definition) is 5. The van der Waals surface area contributed by atoms with E-state index in [1.54, 1.807) is 0 Å². The molecular formula is C15H28N2O4. The highest BCUT2D eigenvalue weighted by atomic mass is 16.6. The molecule has 0 aromatic heterocycles. The van der Waals surface area contributed by atoms with E-state index in [0.717, 1.165) is 32.2 Å². The first-order valence-corrected chi connectivity index (χ1v) is 7.60. The van der Waals surface area contributed by atoms with Gasteiger partial charge in [0.15, 0.2) is 0 Å². The van der Waals surface area contributed by atoms with Crippen LogP contribution in [0.5, 0.6) is 0 Å². The van der Waals surface area contributed by atoms with E-state index < -0.39 is 5.60 Å². The van der Waals surface area contributed by atoms with E-state index in [1.807, 2.05) is 20.8 Å². The zero-order valence-corrected chi connectivity index (χ0v) is 13.5. The van der Waals surface area contributed by atoms with Crippen LogP contribution in [0.1, 0.15) is 52.9 Å². The summed E-state index contributed by atoms with van der Waals surface area (Å²) >= 11 is 0. The van der Waals surface area contributed by atoms with Crippen LogP contribution in [0.25, 0.3) is 0 Å². The Morgan fingerprint density at radius 1 is 1.19 bits per heavy atom. The molecule has 2 unspecified atom stereocenters. The van der Waals surface area contributed by atoms with Crippen molar-refractivity contribution in [2.75, 3.05) is 13.7 Å². The average Bonchev–Trinajstić information content (AvgIpc) is 2.79. The lowest BCUT2D eigenvalue weighted by molar-refractivity contribution is -0.140. The van der Waals surface area contributed by atoms with Crippen molar-refractivity contribution in [3.63, 3.8) is 0 Å². The standard InChI is InChI=1S/C15H28N2O4/c1-15(2,3)21-14(19)17-12-8-7-11(10-12)16-9-5-6-13(18)20-4/h11-12,16H,5-10H2,1-4H3,(H,17,19). The SMILES string of the molecule is COC(=O)CCCNC1CCC(NC(=O)OC(C)(C)C)C1. The third kappa shape index (κ3) is 7.90. The molecule has 0 saturated heterocycles. The Labute approximate surface area is 126 Å². The highest BCUT2D eigenvalue weighted by Crippen LogP contribution is 2.19. The number of nitrogens with one attached hydrogen (secondary N) is 2. The number of ether oxygens (including phenoxy) is 2. The van der Waals surface area contributed by atoms with Crippen LogP contribution in [-0.4, -0.2) is 43.4 Å². The summed E-state index contributed by atoms with van der Waals surface area (Å²) in [5.74, 6) is -0.173. The predicted molar refractivity (Wildman–Crippen MR) is 80.0 cm³/mol. The van der Waals surface area contributed by atoms with Gasteiger partial charge in [0, 0.05) is 18.5 Å². The lowest BCUT2D eigenvalue weighted by Gasteiger charge is -2.21. The van der Waals surface area contributed by atoms with Gasteiger partial charge in [-0.3, -0.25) is 4.79 Å². The van der Waals surface area contributed by atoms with Gasteiger partial charge >= 0.3 is 12.1 Å². The van der Waals surface area contributed by atoms with Gasteiger partial charge in [0.2, 0.25) is 0 Å². The molecule has 1 rings (SSSR count). The van der Waals surface area contributed by atoms with E-state index in [-0.39, 0.29) is 18.1 Å². The number of carbonyl (C=O) groups excluding carboxylic acids is 2.